The van der Waals surface area contributed by atoms with Gasteiger partial charge in [0.15, 0.2) is 0 Å². The van der Waals surface area contributed by atoms with Crippen molar-refractivity contribution in [2.75, 3.05) is 14.2 Å². The van der Waals surface area contributed by atoms with Gasteiger partial charge in [-0.25, -0.2) is 0 Å². The summed E-state index contributed by atoms with van der Waals surface area (Å²) in [7, 11) is 2.88. The molecule has 2 aromatic rings. The predicted octanol–water partition coefficient (Wildman–Crippen LogP) is 2.95. The summed E-state index contributed by atoms with van der Waals surface area (Å²) in [4.78, 5) is 0. The highest BCUT2D eigenvalue weighted by molar-refractivity contribution is 6.32. The summed E-state index contributed by atoms with van der Waals surface area (Å²) in [6.07, 6.45) is -5.77. The van der Waals surface area contributed by atoms with Crippen LogP contribution in [-0.2, 0) is 0 Å². The van der Waals surface area contributed by atoms with Gasteiger partial charge in [0.1, 0.15) is 47.4 Å². The minimum absolute atomic E-state index is 0.258. The first-order valence-electron chi connectivity index (χ1n) is 9.29. The van der Waals surface area contributed by atoms with E-state index in [2.05, 4.69) is 0 Å². The molecule has 0 aliphatic rings. The summed E-state index contributed by atoms with van der Waals surface area (Å²) in [5, 5.41) is 61.5. The topological polar surface area (TPSA) is 140 Å². The second kappa shape index (κ2) is 11.4. The zero-order valence-electron chi connectivity index (χ0n) is 17.2. The molecule has 32 heavy (non-hydrogen) atoms. The smallest absolute Gasteiger partial charge is 0.139 e. The van der Waals surface area contributed by atoms with Crippen LogP contribution in [0.25, 0.3) is 12.2 Å². The molecule has 0 radical (unpaired) electrons. The van der Waals surface area contributed by atoms with Crippen LogP contribution < -0.4 is 9.47 Å². The van der Waals surface area contributed by atoms with Crippen molar-refractivity contribution >= 4 is 35.4 Å². The van der Waals surface area contributed by atoms with Gasteiger partial charge in [0, 0.05) is 0 Å². The Hall–Kier alpha value is -2.46. The van der Waals surface area contributed by atoms with Crippen molar-refractivity contribution in [3.8, 4) is 11.5 Å². The molecule has 174 valence electrons. The first kappa shape index (κ1) is 25.8. The fraction of sp³-hybridized carbons (Fsp3) is 0.273. The molecule has 8 nitrogen and oxygen atoms in total. The monoisotopic (exact) mass is 486 g/mol. The van der Waals surface area contributed by atoms with Gasteiger partial charge in [-0.2, -0.15) is 0 Å². The number of aliphatic hydroxyl groups is 6. The number of halogens is 2. The van der Waals surface area contributed by atoms with Crippen molar-refractivity contribution in [3.05, 3.63) is 69.1 Å². The third-order valence-electron chi connectivity index (χ3n) is 4.58. The highest BCUT2D eigenvalue weighted by Gasteiger charge is 2.34. The van der Waals surface area contributed by atoms with Gasteiger partial charge in [-0.3, -0.25) is 0 Å². The zero-order chi connectivity index (χ0) is 24.0. The second-order valence-corrected chi connectivity index (χ2v) is 7.61. The fourth-order valence-electron chi connectivity index (χ4n) is 2.78. The predicted molar refractivity (Wildman–Crippen MR) is 121 cm³/mol. The van der Waals surface area contributed by atoms with Crippen molar-refractivity contribution in [2.45, 2.75) is 24.4 Å². The van der Waals surface area contributed by atoms with E-state index in [0.717, 1.165) is 12.2 Å². The van der Waals surface area contributed by atoms with Gasteiger partial charge in [-0.05, 0) is 47.5 Å². The lowest BCUT2D eigenvalue weighted by molar-refractivity contribution is -0.0996. The number of benzene rings is 2. The molecule has 0 aromatic heterocycles. The van der Waals surface area contributed by atoms with E-state index in [4.69, 9.17) is 32.7 Å². The molecule has 0 aliphatic heterocycles. The number of hydrogen-bond donors (Lipinski definition) is 6. The lowest BCUT2D eigenvalue weighted by Gasteiger charge is -2.26. The van der Waals surface area contributed by atoms with Crippen LogP contribution in [0.3, 0.4) is 0 Å². The standard InChI is InChI=1S/C22H24Cl2O8/c1-31-17-5-3-11(7-13(17)23)9-15(25)19(27)21(29)22(30)20(28)16(26)10-12-4-6-18(32-2)14(24)8-12/h3-10,19-22,25-30H,1-2H3/t19-,20+,21-,22-/m1/s1. The fourth-order valence-corrected chi connectivity index (χ4v) is 3.31. The molecular weight excluding hydrogens is 463 g/mol. The number of ether oxygens (including phenoxy) is 2. The third kappa shape index (κ3) is 6.29. The molecule has 0 heterocycles. The maximum absolute atomic E-state index is 10.2. The summed E-state index contributed by atoms with van der Waals surface area (Å²) in [6, 6.07) is 9.07. The molecule has 0 unspecified atom stereocenters. The molecule has 0 aliphatic carbocycles. The molecule has 0 saturated carbocycles. The minimum Gasteiger partial charge on any atom is -0.509 e. The summed E-state index contributed by atoms with van der Waals surface area (Å²) in [5.41, 5.74) is 0.766. The second-order valence-electron chi connectivity index (χ2n) is 6.80. The van der Waals surface area contributed by atoms with Crippen molar-refractivity contribution in [3.63, 3.8) is 0 Å². The Balaban J connectivity index is 2.14. The molecule has 0 amide bonds. The van der Waals surface area contributed by atoms with E-state index in [0.29, 0.717) is 22.6 Å². The van der Waals surface area contributed by atoms with Crippen molar-refractivity contribution < 1.29 is 40.1 Å². The van der Waals surface area contributed by atoms with Crippen LogP contribution in [0.5, 0.6) is 11.5 Å². The Morgan fingerprint density at radius 3 is 1.34 bits per heavy atom. The van der Waals surface area contributed by atoms with Gasteiger partial charge < -0.3 is 40.1 Å². The molecular formula is C22H24Cl2O8. The van der Waals surface area contributed by atoms with Crippen LogP contribution >= 0.6 is 23.2 Å². The van der Waals surface area contributed by atoms with Gasteiger partial charge in [-0.1, -0.05) is 35.3 Å². The maximum Gasteiger partial charge on any atom is 0.139 e. The summed E-state index contributed by atoms with van der Waals surface area (Å²) in [5.74, 6) is -0.587. The molecule has 0 fully saturated rings. The third-order valence-corrected chi connectivity index (χ3v) is 5.17. The van der Waals surface area contributed by atoms with Gasteiger partial charge in [0.2, 0.25) is 0 Å². The highest BCUT2D eigenvalue weighted by atomic mass is 35.5. The van der Waals surface area contributed by atoms with Crippen LogP contribution in [0.15, 0.2) is 47.9 Å². The van der Waals surface area contributed by atoms with E-state index < -0.39 is 35.9 Å². The molecule has 10 heteroatoms. The molecule has 0 spiro atoms. The van der Waals surface area contributed by atoms with Gasteiger partial charge in [0.25, 0.3) is 0 Å². The quantitative estimate of drug-likeness (QED) is 0.297. The minimum atomic E-state index is -2.04. The number of rotatable bonds is 9. The van der Waals surface area contributed by atoms with Gasteiger partial charge in [0.05, 0.1) is 24.3 Å². The van der Waals surface area contributed by atoms with Crippen LogP contribution in [0, 0.1) is 0 Å². The van der Waals surface area contributed by atoms with E-state index in [1.807, 2.05) is 0 Å². The van der Waals surface area contributed by atoms with E-state index >= 15 is 0 Å². The van der Waals surface area contributed by atoms with Crippen LogP contribution in [0.4, 0.5) is 0 Å². The lowest BCUT2D eigenvalue weighted by Crippen LogP contribution is -2.45. The first-order valence-corrected chi connectivity index (χ1v) is 10.0. The van der Waals surface area contributed by atoms with E-state index in [1.54, 1.807) is 12.1 Å². The van der Waals surface area contributed by atoms with E-state index in [9.17, 15) is 30.6 Å². The Labute approximate surface area is 194 Å². The van der Waals surface area contributed by atoms with Crippen molar-refractivity contribution in [2.24, 2.45) is 0 Å². The Morgan fingerprint density at radius 2 is 1.06 bits per heavy atom. The molecule has 6 N–H and O–H groups in total. The lowest BCUT2D eigenvalue weighted by atomic mass is 9.98. The first-order chi connectivity index (χ1) is 15.1. The normalized spacial score (nSPS) is 16.2. The average molecular weight is 487 g/mol. The van der Waals surface area contributed by atoms with E-state index in [1.165, 1.54) is 38.5 Å². The largest absolute Gasteiger partial charge is 0.509 e. The van der Waals surface area contributed by atoms with Crippen LogP contribution in [0.1, 0.15) is 11.1 Å². The zero-order valence-corrected chi connectivity index (χ0v) is 18.7. The highest BCUT2D eigenvalue weighted by Crippen LogP contribution is 2.28. The number of methoxy groups -OCH3 is 2. The van der Waals surface area contributed by atoms with Gasteiger partial charge >= 0.3 is 0 Å². The van der Waals surface area contributed by atoms with Crippen LogP contribution in [-0.4, -0.2) is 69.3 Å². The molecule has 2 aromatic carbocycles. The van der Waals surface area contributed by atoms with Gasteiger partial charge in [-0.15, -0.1) is 0 Å². The number of hydrogen-bond acceptors (Lipinski definition) is 8. The summed E-state index contributed by atoms with van der Waals surface area (Å²) in [6.45, 7) is 0. The summed E-state index contributed by atoms with van der Waals surface area (Å²) >= 11 is 12.0. The van der Waals surface area contributed by atoms with Crippen molar-refractivity contribution in [1.29, 1.82) is 0 Å². The number of aliphatic hydroxyl groups excluding tert-OH is 6. The SMILES string of the molecule is COc1ccc(C=C(O)[C@@H](O)[C@@H](O)[C@H](O)[C@@H](O)C(O)=Cc2ccc(OC)c(Cl)c2)cc1Cl. The Morgan fingerprint density at radius 1 is 0.719 bits per heavy atom. The van der Waals surface area contributed by atoms with E-state index in [-0.39, 0.29) is 10.0 Å². The van der Waals surface area contributed by atoms with Crippen LogP contribution in [0.2, 0.25) is 10.0 Å². The average Bonchev–Trinajstić information content (AvgIpc) is 2.77. The molecule has 2 rings (SSSR count). The Bertz CT molecular complexity index is 912. The molecule has 0 saturated heterocycles. The molecule has 4 atom stereocenters. The maximum atomic E-state index is 10.2. The Kier molecular flexibility index (Phi) is 9.21. The molecule has 0 bridgehead atoms. The summed E-state index contributed by atoms with van der Waals surface area (Å²) < 4.78 is 10.0. The van der Waals surface area contributed by atoms with Crippen molar-refractivity contribution in [1.82, 2.24) is 0 Å².